The largest absolute Gasteiger partial charge is 0.411 e. The molecule has 0 bridgehead atoms. The summed E-state index contributed by atoms with van der Waals surface area (Å²) in [5.74, 6) is 0. The van der Waals surface area contributed by atoms with Crippen molar-refractivity contribution in [2.75, 3.05) is 6.54 Å². The molecule has 13 heavy (non-hydrogen) atoms. The zero-order chi connectivity index (χ0) is 9.31. The van der Waals surface area contributed by atoms with Gasteiger partial charge in [0.05, 0.1) is 5.71 Å². The fourth-order valence-corrected chi connectivity index (χ4v) is 2.82. The third-order valence-electron chi connectivity index (χ3n) is 3.72. The molecule has 2 N–H and O–H groups in total. The average Bonchev–Trinajstić information content (AvgIpc) is 2.16. The first-order valence-corrected chi connectivity index (χ1v) is 5.22. The Kier molecular flexibility index (Phi) is 2.28. The lowest BCUT2D eigenvalue weighted by Gasteiger charge is -2.45. The number of oxime groups is 1. The minimum absolute atomic E-state index is 0.130. The van der Waals surface area contributed by atoms with Crippen LogP contribution in [0.3, 0.4) is 0 Å². The predicted octanol–water partition coefficient (Wildman–Crippen LogP) is 1.76. The number of hydrogen-bond acceptors (Lipinski definition) is 3. The predicted molar refractivity (Wildman–Crippen MR) is 52.2 cm³/mol. The van der Waals surface area contributed by atoms with Crippen LogP contribution in [0.25, 0.3) is 0 Å². The van der Waals surface area contributed by atoms with E-state index in [1.54, 1.807) is 0 Å². The molecule has 2 aliphatic rings. The van der Waals surface area contributed by atoms with E-state index in [0.717, 1.165) is 25.1 Å². The first-order valence-electron chi connectivity index (χ1n) is 5.22. The molecule has 1 saturated carbocycles. The summed E-state index contributed by atoms with van der Waals surface area (Å²) in [5, 5.41) is 16.0. The van der Waals surface area contributed by atoms with Gasteiger partial charge < -0.3 is 10.5 Å². The van der Waals surface area contributed by atoms with Gasteiger partial charge in [-0.1, -0.05) is 12.1 Å². The average molecular weight is 182 g/mol. The van der Waals surface area contributed by atoms with Crippen molar-refractivity contribution in [2.24, 2.45) is 10.6 Å². The lowest BCUT2D eigenvalue weighted by atomic mass is 9.66. The SMILES string of the molecule is CC12CCCNC1CCC/C2=N\O. The van der Waals surface area contributed by atoms with Crippen molar-refractivity contribution >= 4 is 5.71 Å². The Morgan fingerprint density at radius 3 is 3.15 bits per heavy atom. The maximum Gasteiger partial charge on any atom is 0.0645 e. The molecule has 0 radical (unpaired) electrons. The van der Waals surface area contributed by atoms with Crippen LogP contribution in [0, 0.1) is 5.41 Å². The third kappa shape index (κ3) is 1.35. The molecule has 0 aromatic heterocycles. The first-order chi connectivity index (χ1) is 6.27. The van der Waals surface area contributed by atoms with Gasteiger partial charge >= 0.3 is 0 Å². The summed E-state index contributed by atoms with van der Waals surface area (Å²) in [6.45, 7) is 3.36. The second-order valence-corrected chi connectivity index (χ2v) is 4.47. The van der Waals surface area contributed by atoms with Gasteiger partial charge in [-0.15, -0.1) is 0 Å². The third-order valence-corrected chi connectivity index (χ3v) is 3.72. The molecule has 2 atom stereocenters. The molecule has 74 valence electrons. The van der Waals surface area contributed by atoms with Crippen LogP contribution in [0.4, 0.5) is 0 Å². The molecule has 0 amide bonds. The van der Waals surface area contributed by atoms with Gasteiger partial charge in [0.2, 0.25) is 0 Å². The van der Waals surface area contributed by atoms with E-state index in [1.165, 1.54) is 19.3 Å². The maximum absolute atomic E-state index is 8.96. The standard InChI is InChI=1S/C10H18N2O/c1-10-6-3-7-11-8(10)4-2-5-9(10)12-13/h8,11,13H,2-7H2,1H3/b12-9+. The Morgan fingerprint density at radius 2 is 2.38 bits per heavy atom. The van der Waals surface area contributed by atoms with Crippen LogP contribution in [-0.2, 0) is 0 Å². The van der Waals surface area contributed by atoms with Gasteiger partial charge in [-0.25, -0.2) is 0 Å². The summed E-state index contributed by atoms with van der Waals surface area (Å²) in [6.07, 6.45) is 5.74. The van der Waals surface area contributed by atoms with E-state index in [9.17, 15) is 0 Å². The molecular weight excluding hydrogens is 164 g/mol. The molecule has 1 heterocycles. The molecule has 2 rings (SSSR count). The second kappa shape index (κ2) is 3.29. The van der Waals surface area contributed by atoms with E-state index in [4.69, 9.17) is 5.21 Å². The van der Waals surface area contributed by atoms with Crippen LogP contribution in [-0.4, -0.2) is 23.5 Å². The lowest BCUT2D eigenvalue weighted by molar-refractivity contribution is 0.193. The van der Waals surface area contributed by atoms with Crippen molar-refractivity contribution in [2.45, 2.75) is 45.1 Å². The van der Waals surface area contributed by atoms with Crippen LogP contribution in [0.2, 0.25) is 0 Å². The van der Waals surface area contributed by atoms with Crippen LogP contribution in [0.5, 0.6) is 0 Å². The summed E-state index contributed by atoms with van der Waals surface area (Å²) >= 11 is 0. The van der Waals surface area contributed by atoms with Gasteiger partial charge in [0.1, 0.15) is 0 Å². The van der Waals surface area contributed by atoms with Gasteiger partial charge in [-0.3, -0.25) is 0 Å². The van der Waals surface area contributed by atoms with Gasteiger partial charge in [0.15, 0.2) is 0 Å². The quantitative estimate of drug-likeness (QED) is 0.443. The fourth-order valence-electron chi connectivity index (χ4n) is 2.82. The van der Waals surface area contributed by atoms with Crippen molar-refractivity contribution in [3.05, 3.63) is 0 Å². The Labute approximate surface area is 79.2 Å². The summed E-state index contributed by atoms with van der Waals surface area (Å²) in [7, 11) is 0. The van der Waals surface area contributed by atoms with Crippen molar-refractivity contribution in [3.63, 3.8) is 0 Å². The number of fused-ring (bicyclic) bond motifs is 1. The van der Waals surface area contributed by atoms with Crippen molar-refractivity contribution in [3.8, 4) is 0 Å². The van der Waals surface area contributed by atoms with E-state index in [0.29, 0.717) is 6.04 Å². The first kappa shape index (κ1) is 9.00. The van der Waals surface area contributed by atoms with Crippen LogP contribution < -0.4 is 5.32 Å². The summed E-state index contributed by atoms with van der Waals surface area (Å²) in [5.41, 5.74) is 1.14. The van der Waals surface area contributed by atoms with E-state index in [1.807, 2.05) is 0 Å². The van der Waals surface area contributed by atoms with E-state index < -0.39 is 0 Å². The Balaban J connectivity index is 2.24. The molecule has 0 aromatic carbocycles. The topological polar surface area (TPSA) is 44.6 Å². The molecule has 1 aliphatic carbocycles. The highest BCUT2D eigenvalue weighted by molar-refractivity contribution is 5.91. The van der Waals surface area contributed by atoms with Crippen molar-refractivity contribution in [1.82, 2.24) is 5.32 Å². The smallest absolute Gasteiger partial charge is 0.0645 e. The molecule has 0 aromatic rings. The molecule has 2 fully saturated rings. The maximum atomic E-state index is 8.96. The van der Waals surface area contributed by atoms with Gasteiger partial charge in [0.25, 0.3) is 0 Å². The number of piperidine rings is 1. The molecule has 3 heteroatoms. The number of hydrogen-bond donors (Lipinski definition) is 2. The molecule has 0 spiro atoms. The second-order valence-electron chi connectivity index (χ2n) is 4.47. The summed E-state index contributed by atoms with van der Waals surface area (Å²) in [4.78, 5) is 0. The lowest BCUT2D eigenvalue weighted by Crippen LogP contribution is -2.54. The summed E-state index contributed by atoms with van der Waals surface area (Å²) < 4.78 is 0. The van der Waals surface area contributed by atoms with Gasteiger partial charge in [0, 0.05) is 11.5 Å². The van der Waals surface area contributed by atoms with Crippen LogP contribution in [0.15, 0.2) is 5.16 Å². The Bertz CT molecular complexity index is 225. The molecule has 2 unspecified atom stereocenters. The summed E-state index contributed by atoms with van der Waals surface area (Å²) in [6, 6.07) is 0.542. The Hall–Kier alpha value is -0.570. The normalized spacial score (nSPS) is 43.2. The minimum atomic E-state index is 0.130. The highest BCUT2D eigenvalue weighted by atomic mass is 16.4. The van der Waals surface area contributed by atoms with Crippen molar-refractivity contribution < 1.29 is 5.21 Å². The minimum Gasteiger partial charge on any atom is -0.411 e. The Morgan fingerprint density at radius 1 is 1.54 bits per heavy atom. The number of nitrogens with zero attached hydrogens (tertiary/aromatic N) is 1. The van der Waals surface area contributed by atoms with E-state index in [2.05, 4.69) is 17.4 Å². The number of rotatable bonds is 0. The molecule has 1 saturated heterocycles. The van der Waals surface area contributed by atoms with E-state index >= 15 is 0 Å². The molecule has 1 aliphatic heterocycles. The molecule has 3 nitrogen and oxygen atoms in total. The van der Waals surface area contributed by atoms with Crippen molar-refractivity contribution in [1.29, 1.82) is 0 Å². The van der Waals surface area contributed by atoms with Gasteiger partial charge in [-0.05, 0) is 38.6 Å². The fraction of sp³-hybridized carbons (Fsp3) is 0.900. The zero-order valence-electron chi connectivity index (χ0n) is 8.21. The molecular formula is C10H18N2O. The highest BCUT2D eigenvalue weighted by Crippen LogP contribution is 2.39. The van der Waals surface area contributed by atoms with Crippen LogP contribution >= 0.6 is 0 Å². The highest BCUT2D eigenvalue weighted by Gasteiger charge is 2.43. The number of nitrogens with one attached hydrogen (secondary N) is 1. The zero-order valence-corrected chi connectivity index (χ0v) is 8.21. The van der Waals surface area contributed by atoms with E-state index in [-0.39, 0.29) is 5.41 Å². The monoisotopic (exact) mass is 182 g/mol. The van der Waals surface area contributed by atoms with Crippen LogP contribution in [0.1, 0.15) is 39.0 Å². The van der Waals surface area contributed by atoms with Gasteiger partial charge in [-0.2, -0.15) is 0 Å².